The van der Waals surface area contributed by atoms with E-state index in [1.807, 2.05) is 29.1 Å². The van der Waals surface area contributed by atoms with Crippen LogP contribution in [0.25, 0.3) is 33.6 Å². The van der Waals surface area contributed by atoms with E-state index in [1.54, 1.807) is 0 Å². The number of aromatic amines is 2. The van der Waals surface area contributed by atoms with Crippen molar-refractivity contribution < 1.29 is 9.59 Å². The van der Waals surface area contributed by atoms with Crippen LogP contribution >= 0.6 is 0 Å². The van der Waals surface area contributed by atoms with Crippen molar-refractivity contribution in [2.75, 3.05) is 13.1 Å². The van der Waals surface area contributed by atoms with Gasteiger partial charge in [-0.2, -0.15) is 0 Å². The molecule has 4 rings (SSSR count). The van der Waals surface area contributed by atoms with Crippen LogP contribution in [-0.2, 0) is 16.1 Å². The summed E-state index contributed by atoms with van der Waals surface area (Å²) < 4.78 is 0. The second kappa shape index (κ2) is 15.7. The first-order chi connectivity index (χ1) is 21.6. The van der Waals surface area contributed by atoms with Crippen LogP contribution in [0.1, 0.15) is 91.8 Å². The summed E-state index contributed by atoms with van der Waals surface area (Å²) in [7, 11) is 0. The minimum absolute atomic E-state index is 0.115. The number of nitrogens with one attached hydrogen (secondary N) is 2. The topological polar surface area (TPSA) is 98.0 Å². The zero-order chi connectivity index (χ0) is 32.5. The third-order valence-electron chi connectivity index (χ3n) is 7.95. The van der Waals surface area contributed by atoms with Gasteiger partial charge in [-0.25, -0.2) is 9.97 Å². The molecule has 2 aromatic heterocycles. The Morgan fingerprint density at radius 2 is 1.16 bits per heavy atom. The summed E-state index contributed by atoms with van der Waals surface area (Å²) in [6, 6.07) is 16.8. The first-order valence-corrected chi connectivity index (χ1v) is 16.5. The number of amides is 2. The van der Waals surface area contributed by atoms with Crippen LogP contribution in [0.15, 0.2) is 60.9 Å². The van der Waals surface area contributed by atoms with Gasteiger partial charge >= 0.3 is 0 Å². The molecule has 1 atom stereocenters. The molecular formula is C37H50N6O2. The summed E-state index contributed by atoms with van der Waals surface area (Å²) in [4.78, 5) is 45.5. The summed E-state index contributed by atoms with van der Waals surface area (Å²) in [6.07, 6.45) is 6.62. The maximum Gasteiger partial charge on any atom is 0.223 e. The van der Waals surface area contributed by atoms with E-state index in [-0.39, 0.29) is 17.9 Å². The van der Waals surface area contributed by atoms with Gasteiger partial charge in [0.15, 0.2) is 0 Å². The van der Waals surface area contributed by atoms with E-state index in [2.05, 4.69) is 110 Å². The predicted octanol–water partition coefficient (Wildman–Crippen LogP) is 8.26. The fourth-order valence-corrected chi connectivity index (χ4v) is 5.58. The molecule has 0 saturated heterocycles. The van der Waals surface area contributed by atoms with Gasteiger partial charge in [0.2, 0.25) is 11.8 Å². The molecule has 8 nitrogen and oxygen atoms in total. The van der Waals surface area contributed by atoms with Crippen molar-refractivity contribution >= 4 is 11.8 Å². The number of nitrogens with zero attached hydrogens (tertiary/aromatic N) is 4. The lowest BCUT2D eigenvalue weighted by Crippen LogP contribution is -2.35. The van der Waals surface area contributed by atoms with E-state index in [0.29, 0.717) is 31.2 Å². The highest BCUT2D eigenvalue weighted by Crippen LogP contribution is 2.28. The molecule has 2 heterocycles. The molecule has 0 aliphatic rings. The Hall–Kier alpha value is -4.20. The van der Waals surface area contributed by atoms with Crippen molar-refractivity contribution in [1.29, 1.82) is 0 Å². The van der Waals surface area contributed by atoms with Crippen LogP contribution in [0.4, 0.5) is 0 Å². The van der Waals surface area contributed by atoms with Gasteiger partial charge in [-0.3, -0.25) is 9.59 Å². The number of H-pyrrole nitrogens is 2. The fourth-order valence-electron chi connectivity index (χ4n) is 5.58. The lowest BCUT2D eigenvalue weighted by Gasteiger charge is -2.28. The molecule has 2 N–H and O–H groups in total. The van der Waals surface area contributed by atoms with E-state index in [9.17, 15) is 9.59 Å². The first-order valence-electron chi connectivity index (χ1n) is 16.5. The van der Waals surface area contributed by atoms with Crippen LogP contribution in [0.2, 0.25) is 0 Å². The molecule has 0 aliphatic heterocycles. The lowest BCUT2D eigenvalue weighted by molar-refractivity contribution is -0.134. The molecule has 0 bridgehead atoms. The van der Waals surface area contributed by atoms with Gasteiger partial charge in [0, 0.05) is 25.9 Å². The molecule has 0 saturated carbocycles. The normalized spacial score (nSPS) is 12.1. The van der Waals surface area contributed by atoms with Crippen molar-refractivity contribution in [3.8, 4) is 33.6 Å². The molecular weight excluding hydrogens is 560 g/mol. The number of aromatic nitrogens is 4. The lowest BCUT2D eigenvalue weighted by atomic mass is 10.0. The minimum atomic E-state index is -0.115. The average Bonchev–Trinajstić information content (AvgIpc) is 3.69. The number of imidazole rings is 2. The van der Waals surface area contributed by atoms with Gasteiger partial charge in [-0.05, 0) is 53.9 Å². The van der Waals surface area contributed by atoms with Crippen LogP contribution in [0, 0.1) is 11.8 Å². The average molecular weight is 611 g/mol. The highest BCUT2D eigenvalue weighted by molar-refractivity contribution is 5.77. The molecule has 4 aromatic rings. The third kappa shape index (κ3) is 8.93. The van der Waals surface area contributed by atoms with E-state index in [1.165, 1.54) is 0 Å². The Bertz CT molecular complexity index is 1520. The highest BCUT2D eigenvalue weighted by atomic mass is 16.2. The quantitative estimate of drug-likeness (QED) is 0.142. The van der Waals surface area contributed by atoms with E-state index >= 15 is 0 Å². The van der Waals surface area contributed by atoms with Gasteiger partial charge in [-0.1, -0.05) is 90.1 Å². The maximum absolute atomic E-state index is 12.9. The molecule has 45 heavy (non-hydrogen) atoms. The first kappa shape index (κ1) is 33.7. The Kier molecular flexibility index (Phi) is 11.7. The second-order valence-corrected chi connectivity index (χ2v) is 12.9. The Morgan fingerprint density at radius 1 is 0.667 bits per heavy atom. The Labute approximate surface area is 268 Å². The summed E-state index contributed by atoms with van der Waals surface area (Å²) in [6.45, 7) is 16.5. The van der Waals surface area contributed by atoms with Crippen LogP contribution in [0.3, 0.4) is 0 Å². The summed E-state index contributed by atoms with van der Waals surface area (Å²) in [5, 5.41) is 0. The number of benzene rings is 2. The standard InChI is InChI=1S/C37H50N6O2/c1-8-18-42(35(44)20-25(3)4)24-34-38-22-32(40-34)30-14-10-28(11-15-30)29-12-16-31(17-13-29)33-23-39-37(41-33)27(7)43(19-9-2)36(45)21-26(5)6/h10-17,22-23,25-27H,8-9,18-21,24H2,1-7H3,(H,38,40)(H,39,41). The van der Waals surface area contributed by atoms with Crippen LogP contribution in [0.5, 0.6) is 0 Å². The van der Waals surface area contributed by atoms with Crippen molar-refractivity contribution in [3.63, 3.8) is 0 Å². The van der Waals surface area contributed by atoms with Crippen LogP contribution in [-0.4, -0.2) is 54.6 Å². The van der Waals surface area contributed by atoms with Gasteiger partial charge in [0.05, 0.1) is 36.4 Å². The van der Waals surface area contributed by atoms with E-state index < -0.39 is 0 Å². The summed E-state index contributed by atoms with van der Waals surface area (Å²) in [5.74, 6) is 2.61. The smallest absolute Gasteiger partial charge is 0.223 e. The SMILES string of the molecule is CCCN(Cc1ncc(-c2ccc(-c3ccc(-c4cnc(C(C)N(CCC)C(=O)CC(C)C)[nH]4)cc3)cc2)[nH]1)C(=O)CC(C)C. The Balaban J connectivity index is 1.42. The van der Waals surface area contributed by atoms with Gasteiger partial charge in [0.25, 0.3) is 0 Å². The van der Waals surface area contributed by atoms with Gasteiger partial charge < -0.3 is 19.8 Å². The fraction of sp³-hybridized carbons (Fsp3) is 0.459. The Morgan fingerprint density at radius 3 is 1.69 bits per heavy atom. The number of rotatable bonds is 15. The molecule has 240 valence electrons. The number of carbonyl (C=O) groups excluding carboxylic acids is 2. The van der Waals surface area contributed by atoms with Crippen LogP contribution < -0.4 is 0 Å². The maximum atomic E-state index is 12.9. The second-order valence-electron chi connectivity index (χ2n) is 12.9. The molecule has 0 spiro atoms. The molecule has 0 aliphatic carbocycles. The molecule has 1 unspecified atom stereocenters. The molecule has 0 radical (unpaired) electrons. The largest absolute Gasteiger partial charge is 0.341 e. The zero-order valence-electron chi connectivity index (χ0n) is 28.1. The van der Waals surface area contributed by atoms with Gasteiger partial charge in [-0.15, -0.1) is 0 Å². The van der Waals surface area contributed by atoms with E-state index in [0.717, 1.165) is 71.2 Å². The van der Waals surface area contributed by atoms with E-state index in [4.69, 9.17) is 0 Å². The van der Waals surface area contributed by atoms with Gasteiger partial charge in [0.1, 0.15) is 11.6 Å². The molecule has 0 fully saturated rings. The zero-order valence-corrected chi connectivity index (χ0v) is 28.1. The molecule has 2 aromatic carbocycles. The third-order valence-corrected chi connectivity index (χ3v) is 7.95. The van der Waals surface area contributed by atoms with Crippen molar-refractivity contribution in [2.24, 2.45) is 11.8 Å². The monoisotopic (exact) mass is 610 g/mol. The van der Waals surface area contributed by atoms with Crippen molar-refractivity contribution in [2.45, 2.75) is 86.7 Å². The molecule has 2 amide bonds. The summed E-state index contributed by atoms with van der Waals surface area (Å²) in [5.41, 5.74) is 6.21. The number of hydrogen-bond acceptors (Lipinski definition) is 4. The summed E-state index contributed by atoms with van der Waals surface area (Å²) >= 11 is 0. The minimum Gasteiger partial charge on any atom is -0.341 e. The van der Waals surface area contributed by atoms with Crippen molar-refractivity contribution in [1.82, 2.24) is 29.7 Å². The predicted molar refractivity (Wildman–Crippen MR) is 182 cm³/mol. The highest BCUT2D eigenvalue weighted by Gasteiger charge is 2.24. The number of carbonyl (C=O) groups is 2. The molecule has 8 heteroatoms. The number of hydrogen-bond donors (Lipinski definition) is 2. The van der Waals surface area contributed by atoms with Crippen molar-refractivity contribution in [3.05, 3.63) is 72.6 Å².